The molecule has 3 aromatic carbocycles. The number of piperazine rings is 1. The first-order valence-corrected chi connectivity index (χ1v) is 18.7. The maximum Gasteiger partial charge on any atom is 0.329 e. The lowest BCUT2D eigenvalue weighted by Gasteiger charge is -2.36. The molecular weight excluding hydrogens is 767 g/mol. The van der Waals surface area contributed by atoms with Crippen molar-refractivity contribution in [3.8, 4) is 5.82 Å². The second-order valence-electron chi connectivity index (χ2n) is 14.6. The fourth-order valence-electron chi connectivity index (χ4n) is 7.20. The zero-order valence-corrected chi connectivity index (χ0v) is 31.9. The van der Waals surface area contributed by atoms with E-state index in [4.69, 9.17) is 0 Å². The molecule has 0 saturated carbocycles. The maximum atomic E-state index is 15.1. The third kappa shape index (κ3) is 7.46. The highest BCUT2D eigenvalue weighted by Crippen LogP contribution is 2.25. The number of hydrogen-bond acceptors (Lipinski definition) is 11. The SMILES string of the molecule is CC(C)(O)c1cccc(-n2c3nc(Nc4ccc(N5CCN(C(=O)c6cc(Cn7c(=O)[nH]c(=O)c8c(F)cccc87)ccc6F)CC5)cc4)ncc3c(=O)n2CCO)n1. The van der Waals surface area contributed by atoms with Gasteiger partial charge in [-0.2, -0.15) is 4.98 Å². The van der Waals surface area contributed by atoms with E-state index in [0.29, 0.717) is 48.9 Å². The topological polar surface area (TPSA) is 196 Å². The summed E-state index contributed by atoms with van der Waals surface area (Å²) in [5, 5.41) is 23.4. The Morgan fingerprint density at radius 2 is 1.66 bits per heavy atom. The lowest BCUT2D eigenvalue weighted by molar-refractivity contribution is 0.0733. The Hall–Kier alpha value is -7.05. The number of carbonyl (C=O) groups excluding carboxylic acids is 1. The number of benzene rings is 3. The molecule has 16 nitrogen and oxygen atoms in total. The van der Waals surface area contributed by atoms with Crippen LogP contribution in [0.5, 0.6) is 0 Å². The molecule has 1 aliphatic rings. The fraction of sp³-hybridized carbons (Fsp3) is 0.244. The third-order valence-electron chi connectivity index (χ3n) is 10.2. The van der Waals surface area contributed by atoms with Gasteiger partial charge in [0.05, 0.1) is 41.9 Å². The smallest absolute Gasteiger partial charge is 0.329 e. The molecule has 0 spiro atoms. The van der Waals surface area contributed by atoms with Gasteiger partial charge in [-0.05, 0) is 80.1 Å². The lowest BCUT2D eigenvalue weighted by Crippen LogP contribution is -2.49. The number of fused-ring (bicyclic) bond motifs is 2. The number of nitrogens with one attached hydrogen (secondary N) is 2. The van der Waals surface area contributed by atoms with E-state index in [1.807, 2.05) is 24.3 Å². The molecule has 59 heavy (non-hydrogen) atoms. The van der Waals surface area contributed by atoms with E-state index >= 15 is 4.39 Å². The summed E-state index contributed by atoms with van der Waals surface area (Å²) < 4.78 is 33.5. The van der Waals surface area contributed by atoms with E-state index < -0.39 is 40.0 Å². The van der Waals surface area contributed by atoms with Crippen molar-refractivity contribution in [2.75, 3.05) is 43.0 Å². The van der Waals surface area contributed by atoms with Crippen molar-refractivity contribution in [2.45, 2.75) is 32.5 Å². The van der Waals surface area contributed by atoms with Gasteiger partial charge in [-0.15, -0.1) is 0 Å². The molecule has 5 heterocycles. The number of hydrogen-bond donors (Lipinski definition) is 4. The largest absolute Gasteiger partial charge is 0.394 e. The van der Waals surface area contributed by atoms with Gasteiger partial charge in [0.15, 0.2) is 11.5 Å². The lowest BCUT2D eigenvalue weighted by atomic mass is 10.1. The van der Waals surface area contributed by atoms with Crippen LogP contribution >= 0.6 is 0 Å². The van der Waals surface area contributed by atoms with Gasteiger partial charge in [0.1, 0.15) is 22.6 Å². The molecule has 0 unspecified atom stereocenters. The van der Waals surface area contributed by atoms with Crippen molar-refractivity contribution >= 4 is 45.2 Å². The van der Waals surface area contributed by atoms with Crippen LogP contribution in [0.3, 0.4) is 0 Å². The first-order valence-electron chi connectivity index (χ1n) is 18.7. The Labute approximate surface area is 333 Å². The van der Waals surface area contributed by atoms with Gasteiger partial charge in [-0.3, -0.25) is 23.9 Å². The van der Waals surface area contributed by atoms with Crippen molar-refractivity contribution < 1.29 is 23.8 Å². The van der Waals surface area contributed by atoms with Gasteiger partial charge in [0, 0.05) is 43.8 Å². The Kier molecular flexibility index (Phi) is 10.1. The number of nitrogens with zero attached hydrogens (tertiary/aromatic N) is 8. The van der Waals surface area contributed by atoms with E-state index in [0.717, 1.165) is 17.8 Å². The number of pyridine rings is 1. The summed E-state index contributed by atoms with van der Waals surface area (Å²) in [5.41, 5.74) is -0.761. The van der Waals surface area contributed by atoms with Crippen molar-refractivity contribution in [1.82, 2.24) is 38.8 Å². The molecule has 4 N–H and O–H groups in total. The van der Waals surface area contributed by atoms with Crippen LogP contribution in [-0.2, 0) is 18.7 Å². The number of H-pyrrole nitrogens is 1. The molecule has 18 heteroatoms. The number of rotatable bonds is 10. The summed E-state index contributed by atoms with van der Waals surface area (Å²) in [5.74, 6) is -1.49. The Balaban J connectivity index is 0.954. The highest BCUT2D eigenvalue weighted by atomic mass is 19.1. The fourth-order valence-corrected chi connectivity index (χ4v) is 7.20. The number of aromatic nitrogens is 7. The highest BCUT2D eigenvalue weighted by molar-refractivity contribution is 5.95. The third-order valence-corrected chi connectivity index (χ3v) is 10.2. The van der Waals surface area contributed by atoms with Gasteiger partial charge in [-0.25, -0.2) is 32.9 Å². The predicted octanol–water partition coefficient (Wildman–Crippen LogP) is 3.23. The molecule has 302 valence electrons. The minimum Gasteiger partial charge on any atom is -0.394 e. The number of aromatic amines is 1. The number of amides is 1. The van der Waals surface area contributed by atoms with Gasteiger partial charge >= 0.3 is 5.69 Å². The van der Waals surface area contributed by atoms with Crippen LogP contribution in [0.1, 0.15) is 35.5 Å². The summed E-state index contributed by atoms with van der Waals surface area (Å²) in [6.07, 6.45) is 1.41. The van der Waals surface area contributed by atoms with Gasteiger partial charge < -0.3 is 25.3 Å². The van der Waals surface area contributed by atoms with Crippen molar-refractivity contribution in [1.29, 1.82) is 0 Å². The quantitative estimate of drug-likeness (QED) is 0.159. The zero-order chi connectivity index (χ0) is 41.6. The number of carbonyl (C=O) groups is 1. The number of halogens is 2. The molecule has 1 amide bonds. The molecule has 1 saturated heterocycles. The van der Waals surface area contributed by atoms with Crippen LogP contribution in [-0.4, -0.2) is 87.7 Å². The average Bonchev–Trinajstić information content (AvgIpc) is 3.49. The van der Waals surface area contributed by atoms with Crippen LogP contribution < -0.4 is 27.0 Å². The van der Waals surface area contributed by atoms with Gasteiger partial charge in [0.25, 0.3) is 17.0 Å². The first-order chi connectivity index (χ1) is 28.3. The second kappa shape index (κ2) is 15.4. The van der Waals surface area contributed by atoms with Gasteiger partial charge in [0.2, 0.25) is 5.95 Å². The minimum absolute atomic E-state index is 0.0226. The van der Waals surface area contributed by atoms with Crippen LogP contribution in [0.2, 0.25) is 0 Å². The predicted molar refractivity (Wildman–Crippen MR) is 215 cm³/mol. The second-order valence-corrected chi connectivity index (χ2v) is 14.6. The summed E-state index contributed by atoms with van der Waals surface area (Å²) in [6, 6.07) is 20.4. The Morgan fingerprint density at radius 1 is 0.915 bits per heavy atom. The van der Waals surface area contributed by atoms with Crippen LogP contribution in [0.25, 0.3) is 27.8 Å². The van der Waals surface area contributed by atoms with Crippen molar-refractivity contribution in [2.24, 2.45) is 0 Å². The molecule has 7 aromatic rings. The maximum absolute atomic E-state index is 15.1. The van der Waals surface area contributed by atoms with E-state index in [9.17, 15) is 33.8 Å². The van der Waals surface area contributed by atoms with Crippen molar-refractivity contribution in [3.05, 3.63) is 145 Å². The van der Waals surface area contributed by atoms with Crippen LogP contribution in [0.4, 0.5) is 26.1 Å². The average molecular weight is 805 g/mol. The minimum atomic E-state index is -1.24. The number of aliphatic hydroxyl groups is 2. The Morgan fingerprint density at radius 3 is 2.39 bits per heavy atom. The van der Waals surface area contributed by atoms with Crippen molar-refractivity contribution in [3.63, 3.8) is 0 Å². The summed E-state index contributed by atoms with van der Waals surface area (Å²) in [7, 11) is 0. The van der Waals surface area contributed by atoms with Crippen LogP contribution in [0.15, 0.2) is 99.4 Å². The molecule has 0 atom stereocenters. The molecule has 1 aliphatic heterocycles. The summed E-state index contributed by atoms with van der Waals surface area (Å²) in [4.78, 5) is 71.2. The zero-order valence-electron chi connectivity index (χ0n) is 31.9. The molecule has 0 aliphatic carbocycles. The van der Waals surface area contributed by atoms with E-state index in [1.54, 1.807) is 36.9 Å². The number of aliphatic hydroxyl groups excluding tert-OH is 1. The monoisotopic (exact) mass is 804 g/mol. The molecule has 1 fully saturated rings. The van der Waals surface area contributed by atoms with Gasteiger partial charge in [-0.1, -0.05) is 18.2 Å². The normalized spacial score (nSPS) is 13.4. The van der Waals surface area contributed by atoms with Crippen LogP contribution in [0, 0.1) is 11.6 Å². The van der Waals surface area contributed by atoms with E-state index in [2.05, 4.69) is 30.2 Å². The summed E-state index contributed by atoms with van der Waals surface area (Å²) >= 11 is 0. The van der Waals surface area contributed by atoms with E-state index in [1.165, 1.54) is 44.4 Å². The van der Waals surface area contributed by atoms with E-state index in [-0.39, 0.29) is 53.1 Å². The Bertz CT molecular complexity index is 2930. The first kappa shape index (κ1) is 38.8. The molecule has 0 radical (unpaired) electrons. The molecule has 8 rings (SSSR count). The number of anilines is 3. The summed E-state index contributed by atoms with van der Waals surface area (Å²) in [6.45, 7) is 4.30. The molecule has 4 aromatic heterocycles. The standard InChI is InChI=1S/C41H38F2N10O6/c1-41(2,59)32-7-4-8-33(46-32)53-35-28(38(57)52(53)19-20-54)22-44-39(47-35)45-25-10-12-26(13-11-25)49-15-17-50(18-16-49)37(56)27-21-24(9-14-29(27)42)23-51-31-6-3-5-30(43)34(31)36(55)48-40(51)58/h3-14,21-22,54,59H,15-20,23H2,1-2H3,(H,44,45,47)(H,48,55,58). The molecular formula is C41H38F2N10O6. The molecule has 0 bridgehead atoms. The highest BCUT2D eigenvalue weighted by Gasteiger charge is 2.26.